The molecular formula is C21H49N6Pr3Sb3-3. The fourth-order valence-electron chi connectivity index (χ4n) is 1.56. The quantitative estimate of drug-likeness (QED) is 0.196. The fourth-order valence-corrected chi connectivity index (χ4v) is 10.4. The maximum absolute atomic E-state index is 6.21. The van der Waals surface area contributed by atoms with Crippen LogP contribution in [0.1, 0.15) is 41.5 Å². The van der Waals surface area contributed by atoms with Crippen molar-refractivity contribution < 1.29 is 124 Å². The standard InChI is InChI=1S/3C3H8N.C2H6N.2C2H5N.3C2H3.3Pr.3Sb/c3*1-3-4-2;3*1-2-3;3*1-2;;;;;;/h3*3H2,1-2H3;3H,2H2,1H3;2*2H2,1H3;3*1H,2H2;;;;;;/q6*-1;;;;;;;;;+3. The number of hydrogen-bond donors (Lipinski definition) is 0. The summed E-state index contributed by atoms with van der Waals surface area (Å²) in [7, 11) is 6.75. The predicted octanol–water partition coefficient (Wildman–Crippen LogP) is 4.85. The van der Waals surface area contributed by atoms with Crippen LogP contribution < -0.4 is 0 Å². The summed E-state index contributed by atoms with van der Waals surface area (Å²) >= 11 is -3.15. The Morgan fingerprint density at radius 2 is 0.939 bits per heavy atom. The molecule has 0 aromatic carbocycles. The van der Waals surface area contributed by atoms with E-state index in [1.807, 2.05) is 12.1 Å². The number of rotatable bonds is 13. The molecule has 0 amide bonds. The molecule has 0 saturated heterocycles. The molecule has 0 aliphatic heterocycles. The van der Waals surface area contributed by atoms with Crippen LogP contribution in [0.3, 0.4) is 0 Å². The van der Waals surface area contributed by atoms with Gasteiger partial charge in [-0.3, -0.25) is 0 Å². The first-order chi connectivity index (χ1) is 14.3. The van der Waals surface area contributed by atoms with Gasteiger partial charge in [0.2, 0.25) is 0 Å². The van der Waals surface area contributed by atoms with Crippen LogP contribution in [-0.2, 0) is 0 Å². The molecule has 33 heavy (non-hydrogen) atoms. The summed E-state index contributed by atoms with van der Waals surface area (Å²) in [5.74, 6) is 0. The average Bonchev–Trinajstić information content (AvgIpc) is 2.76. The number of nitrogens with one attached hydrogen (secondary N) is 1. The second-order valence-electron chi connectivity index (χ2n) is 5.54. The van der Waals surface area contributed by atoms with Crippen molar-refractivity contribution in [2.45, 2.75) is 41.5 Å². The molecule has 0 atom stereocenters. The van der Waals surface area contributed by atoms with Gasteiger partial charge in [0.25, 0.3) is 0 Å². The van der Waals surface area contributed by atoms with Crippen molar-refractivity contribution in [3.63, 3.8) is 0 Å². The molecule has 0 spiro atoms. The molecular weight excluding hydrogens is 1120 g/mol. The molecule has 0 aliphatic carbocycles. The van der Waals surface area contributed by atoms with Crippen LogP contribution in [-0.4, -0.2) is 133 Å². The second-order valence-corrected chi connectivity index (χ2v) is 20.7. The Morgan fingerprint density at radius 1 is 0.697 bits per heavy atom. The van der Waals surface area contributed by atoms with Crippen LogP contribution in [0.5, 0.6) is 0 Å². The smallest absolute Gasteiger partial charge is 0 e. The minimum atomic E-state index is -1.48. The number of hydrogen-bond acceptors (Lipinski definition) is 3. The van der Waals surface area contributed by atoms with E-state index >= 15 is 0 Å². The van der Waals surface area contributed by atoms with Gasteiger partial charge in [0.15, 0.2) is 0 Å². The molecule has 0 aromatic rings. The zero-order valence-corrected chi connectivity index (χ0v) is 41.7. The summed E-state index contributed by atoms with van der Waals surface area (Å²) in [6, 6.07) is 0. The molecule has 0 aromatic heterocycles. The molecule has 1 N–H and O–H groups in total. The third kappa shape index (κ3) is 42.1. The normalized spacial score (nSPS) is 9.18. The minimum Gasteiger partial charge on any atom is 0 e. The van der Waals surface area contributed by atoms with E-state index in [2.05, 4.69) is 91.6 Å². The Hall–Kier alpha value is 5.53. The van der Waals surface area contributed by atoms with Crippen LogP contribution in [0.2, 0.25) is 0 Å². The number of nitrogens with zero attached hydrogens (tertiary/aromatic N) is 5. The molecule has 0 aliphatic rings. The van der Waals surface area contributed by atoms with Crippen LogP contribution in [0.4, 0.5) is 0 Å². The molecule has 12 heteroatoms. The van der Waals surface area contributed by atoms with Gasteiger partial charge in [-0.15, -0.1) is 0 Å². The van der Waals surface area contributed by atoms with Crippen molar-refractivity contribution in [1.29, 1.82) is 0 Å². The topological polar surface area (TPSA) is 61.7 Å². The van der Waals surface area contributed by atoms with E-state index in [-0.39, 0.29) is 124 Å². The summed E-state index contributed by atoms with van der Waals surface area (Å²) in [6.45, 7) is 29.5. The SMILES string of the molecule is C=[CH][Sb]([CH]=C)[CH]=C.CC[N-][Sb][N-]CC.CC[NH-].CC[N](C)[Sb]([N](C)CC)[N](C)CC.[Pr].[Pr].[Pr]. The van der Waals surface area contributed by atoms with Crippen molar-refractivity contribution in [1.82, 2.24) is 9.18 Å². The third-order valence-electron chi connectivity index (χ3n) is 3.33. The van der Waals surface area contributed by atoms with Gasteiger partial charge in [0.05, 0.1) is 0 Å². The summed E-state index contributed by atoms with van der Waals surface area (Å²) in [4.78, 5) is 0. The van der Waals surface area contributed by atoms with Crippen molar-refractivity contribution in [2.24, 2.45) is 0 Å². The van der Waals surface area contributed by atoms with E-state index < -0.39 is 63.4 Å². The molecule has 4 radical (unpaired) electrons. The Morgan fingerprint density at radius 3 is 1.06 bits per heavy atom. The van der Waals surface area contributed by atoms with Gasteiger partial charge in [0, 0.05) is 124 Å². The van der Waals surface area contributed by atoms with Crippen LogP contribution >= 0.6 is 0 Å². The first-order valence-corrected chi connectivity index (χ1v) is 20.6. The van der Waals surface area contributed by atoms with Crippen LogP contribution in [0, 0.1) is 124 Å². The molecule has 0 saturated carbocycles. The maximum atomic E-state index is 6.21. The third-order valence-corrected chi connectivity index (χ3v) is 16.9. The van der Waals surface area contributed by atoms with Gasteiger partial charge in [-0.25, -0.2) is 0 Å². The largest absolute Gasteiger partial charge is 0 e. The summed E-state index contributed by atoms with van der Waals surface area (Å²) in [5, 5.41) is 0. The first-order valence-electron chi connectivity index (χ1n) is 10.5. The van der Waals surface area contributed by atoms with Gasteiger partial charge in [-0.1, -0.05) is 6.92 Å². The Bertz CT molecular complexity index is 329. The van der Waals surface area contributed by atoms with Crippen molar-refractivity contribution >= 4 is 63.4 Å². The van der Waals surface area contributed by atoms with Gasteiger partial charge in [0.1, 0.15) is 0 Å². The maximum Gasteiger partial charge on any atom is 0 e. The monoisotopic (exact) mass is 1170 g/mol. The van der Waals surface area contributed by atoms with Gasteiger partial charge in [-0.2, -0.15) is 6.54 Å². The second kappa shape index (κ2) is 47.3. The zero-order chi connectivity index (χ0) is 24.4. The van der Waals surface area contributed by atoms with Crippen LogP contribution in [0.15, 0.2) is 31.8 Å². The Labute approximate surface area is 335 Å². The summed E-state index contributed by atoms with van der Waals surface area (Å²) in [5.41, 5.74) is 6.21. The minimum absolute atomic E-state index is 0. The molecule has 0 unspecified atom stereocenters. The van der Waals surface area contributed by atoms with E-state index in [1.165, 1.54) is 0 Å². The van der Waals surface area contributed by atoms with Gasteiger partial charge >= 0.3 is 200 Å². The van der Waals surface area contributed by atoms with E-state index in [9.17, 15) is 0 Å². The van der Waals surface area contributed by atoms with Crippen molar-refractivity contribution in [2.75, 3.05) is 60.4 Å². The Balaban J connectivity index is -0.0000000587. The fraction of sp³-hybridized carbons (Fsp3) is 0.714. The van der Waals surface area contributed by atoms with Gasteiger partial charge < -0.3 is 5.73 Å². The Kier molecular flexibility index (Phi) is 78.3. The molecule has 0 heterocycles. The van der Waals surface area contributed by atoms with E-state index in [0.29, 0.717) is 6.54 Å². The van der Waals surface area contributed by atoms with Gasteiger partial charge in [-0.05, 0) is 0 Å². The molecule has 0 bridgehead atoms. The average molecular weight is 1170 g/mol. The van der Waals surface area contributed by atoms with Crippen molar-refractivity contribution in [3.05, 3.63) is 44.5 Å². The molecule has 6 nitrogen and oxygen atoms in total. The van der Waals surface area contributed by atoms with E-state index in [4.69, 9.17) is 5.73 Å². The van der Waals surface area contributed by atoms with E-state index in [1.54, 1.807) is 6.92 Å². The zero-order valence-electron chi connectivity index (χ0n) is 22.9. The predicted molar refractivity (Wildman–Crippen MR) is 145 cm³/mol. The van der Waals surface area contributed by atoms with Crippen molar-refractivity contribution in [3.8, 4) is 0 Å². The summed E-state index contributed by atoms with van der Waals surface area (Å²) in [6.07, 6.45) is 0. The molecule has 190 valence electrons. The summed E-state index contributed by atoms with van der Waals surface area (Å²) < 4.78 is 21.8. The first kappa shape index (κ1) is 54.6. The van der Waals surface area contributed by atoms with Crippen LogP contribution in [0.25, 0.3) is 12.7 Å². The molecule has 0 rings (SSSR count). The van der Waals surface area contributed by atoms with E-state index in [0.717, 1.165) is 32.7 Å². The molecule has 0 fully saturated rings.